The Hall–Kier alpha value is -2.64. The van der Waals surface area contributed by atoms with Gasteiger partial charge in [-0.1, -0.05) is 13.8 Å². The number of halogens is 3. The largest absolute Gasteiger partial charge is 0.338 e. The SMILES string of the molecule is CCCN(CCC)C(=O)c1cc(Nc2ccc(F)c(F)c2F)nc(C)n1. The Balaban J connectivity index is 2.32. The number of hydrogen-bond acceptors (Lipinski definition) is 4. The number of carbonyl (C=O) groups is 1. The van der Waals surface area contributed by atoms with Gasteiger partial charge < -0.3 is 10.2 Å². The van der Waals surface area contributed by atoms with Crippen LogP contribution in [0.2, 0.25) is 0 Å². The van der Waals surface area contributed by atoms with Gasteiger partial charge in [0.05, 0.1) is 5.69 Å². The van der Waals surface area contributed by atoms with Gasteiger partial charge in [-0.25, -0.2) is 23.1 Å². The number of hydrogen-bond donors (Lipinski definition) is 1. The molecule has 0 spiro atoms. The van der Waals surface area contributed by atoms with Crippen molar-refractivity contribution in [3.63, 3.8) is 0 Å². The van der Waals surface area contributed by atoms with Crippen LogP contribution >= 0.6 is 0 Å². The number of aromatic nitrogens is 2. The molecular weight excluding hydrogens is 345 g/mol. The lowest BCUT2D eigenvalue weighted by molar-refractivity contribution is 0.0749. The van der Waals surface area contributed by atoms with Gasteiger partial charge in [0.1, 0.15) is 17.3 Å². The highest BCUT2D eigenvalue weighted by atomic mass is 19.2. The van der Waals surface area contributed by atoms with E-state index in [9.17, 15) is 18.0 Å². The van der Waals surface area contributed by atoms with Gasteiger partial charge in [0, 0.05) is 19.2 Å². The Morgan fingerprint density at radius 2 is 1.73 bits per heavy atom. The first-order valence-electron chi connectivity index (χ1n) is 8.42. The summed E-state index contributed by atoms with van der Waals surface area (Å²) < 4.78 is 40.3. The second-order valence-corrected chi connectivity index (χ2v) is 5.83. The number of anilines is 2. The monoisotopic (exact) mass is 366 g/mol. The molecule has 0 saturated carbocycles. The van der Waals surface area contributed by atoms with E-state index in [0.717, 1.165) is 25.0 Å². The van der Waals surface area contributed by atoms with Crippen molar-refractivity contribution in [2.75, 3.05) is 18.4 Å². The summed E-state index contributed by atoms with van der Waals surface area (Å²) in [6.45, 7) is 6.72. The van der Waals surface area contributed by atoms with Crippen LogP contribution in [0.5, 0.6) is 0 Å². The quantitative estimate of drug-likeness (QED) is 0.746. The molecule has 1 aromatic carbocycles. The molecule has 1 N–H and O–H groups in total. The molecule has 5 nitrogen and oxygen atoms in total. The van der Waals surface area contributed by atoms with E-state index in [2.05, 4.69) is 15.3 Å². The van der Waals surface area contributed by atoms with Crippen molar-refractivity contribution < 1.29 is 18.0 Å². The topological polar surface area (TPSA) is 58.1 Å². The summed E-state index contributed by atoms with van der Waals surface area (Å²) in [7, 11) is 0. The van der Waals surface area contributed by atoms with Gasteiger partial charge in [0.2, 0.25) is 0 Å². The highest BCUT2D eigenvalue weighted by molar-refractivity contribution is 5.93. The molecule has 8 heteroatoms. The fraction of sp³-hybridized carbons (Fsp3) is 0.389. The van der Waals surface area contributed by atoms with Gasteiger partial charge in [-0.3, -0.25) is 4.79 Å². The Kier molecular flexibility index (Phi) is 6.54. The van der Waals surface area contributed by atoms with E-state index in [1.165, 1.54) is 6.07 Å². The lowest BCUT2D eigenvalue weighted by atomic mass is 10.2. The van der Waals surface area contributed by atoms with E-state index in [1.54, 1.807) is 11.8 Å². The van der Waals surface area contributed by atoms with E-state index in [1.807, 2.05) is 13.8 Å². The number of aryl methyl sites for hydroxylation is 1. The first kappa shape index (κ1) is 19.7. The standard InChI is InChI=1S/C18H21F3N4O/c1-4-8-25(9-5-2)18(26)14-10-15(23-11(3)22-14)24-13-7-6-12(19)16(20)17(13)21/h6-7,10H,4-5,8-9H2,1-3H3,(H,22,23,24). The van der Waals surface area contributed by atoms with Crippen LogP contribution in [0, 0.1) is 24.4 Å². The maximum Gasteiger partial charge on any atom is 0.272 e. The molecule has 0 bridgehead atoms. The Morgan fingerprint density at radius 1 is 1.08 bits per heavy atom. The molecule has 0 aliphatic carbocycles. The summed E-state index contributed by atoms with van der Waals surface area (Å²) in [5.74, 6) is -4.04. The van der Waals surface area contributed by atoms with Crippen molar-refractivity contribution in [3.05, 3.63) is 47.2 Å². The average molecular weight is 366 g/mol. The zero-order valence-electron chi connectivity index (χ0n) is 14.9. The van der Waals surface area contributed by atoms with Crippen LogP contribution < -0.4 is 5.32 Å². The fourth-order valence-electron chi connectivity index (χ4n) is 2.52. The zero-order chi connectivity index (χ0) is 19.3. The Morgan fingerprint density at radius 3 is 2.35 bits per heavy atom. The molecule has 0 aliphatic rings. The maximum atomic E-state index is 13.8. The third kappa shape index (κ3) is 4.50. The summed E-state index contributed by atoms with van der Waals surface area (Å²) in [5, 5.41) is 2.58. The van der Waals surface area contributed by atoms with Crippen LogP contribution in [0.25, 0.3) is 0 Å². The molecule has 0 fully saturated rings. The van der Waals surface area contributed by atoms with Crippen molar-refractivity contribution in [3.8, 4) is 0 Å². The van der Waals surface area contributed by atoms with Crippen LogP contribution in [0.4, 0.5) is 24.7 Å². The van der Waals surface area contributed by atoms with Gasteiger partial charge in [-0.2, -0.15) is 0 Å². The lowest BCUT2D eigenvalue weighted by Gasteiger charge is -2.21. The molecule has 1 aromatic heterocycles. The van der Waals surface area contributed by atoms with E-state index in [0.29, 0.717) is 18.9 Å². The molecule has 26 heavy (non-hydrogen) atoms. The van der Waals surface area contributed by atoms with Gasteiger partial charge in [-0.15, -0.1) is 0 Å². The Labute approximate surface area is 150 Å². The average Bonchev–Trinajstić information content (AvgIpc) is 2.61. The summed E-state index contributed by atoms with van der Waals surface area (Å²) >= 11 is 0. The minimum Gasteiger partial charge on any atom is -0.338 e. The van der Waals surface area contributed by atoms with Crippen LogP contribution in [0.1, 0.15) is 43.0 Å². The van der Waals surface area contributed by atoms with Gasteiger partial charge in [-0.05, 0) is 31.9 Å². The van der Waals surface area contributed by atoms with Gasteiger partial charge >= 0.3 is 0 Å². The van der Waals surface area contributed by atoms with Crippen LogP contribution in [-0.2, 0) is 0 Å². The van der Waals surface area contributed by atoms with E-state index < -0.39 is 17.5 Å². The van der Waals surface area contributed by atoms with Gasteiger partial charge in [0.25, 0.3) is 5.91 Å². The van der Waals surface area contributed by atoms with Crippen molar-refractivity contribution in [2.45, 2.75) is 33.6 Å². The van der Waals surface area contributed by atoms with Crippen molar-refractivity contribution in [1.82, 2.24) is 14.9 Å². The predicted molar refractivity (Wildman–Crippen MR) is 92.9 cm³/mol. The van der Waals surface area contributed by atoms with Crippen LogP contribution in [0.3, 0.4) is 0 Å². The molecule has 140 valence electrons. The molecule has 0 saturated heterocycles. The van der Waals surface area contributed by atoms with E-state index in [4.69, 9.17) is 0 Å². The normalized spacial score (nSPS) is 10.7. The number of carbonyl (C=O) groups excluding carboxylic acids is 1. The van der Waals surface area contributed by atoms with Gasteiger partial charge in [0.15, 0.2) is 17.5 Å². The first-order valence-corrected chi connectivity index (χ1v) is 8.42. The lowest BCUT2D eigenvalue weighted by Crippen LogP contribution is -2.33. The van der Waals surface area contributed by atoms with Crippen molar-refractivity contribution >= 4 is 17.4 Å². The summed E-state index contributed by atoms with van der Waals surface area (Å²) in [5.41, 5.74) is -0.121. The molecule has 2 rings (SSSR count). The molecule has 1 heterocycles. The smallest absolute Gasteiger partial charge is 0.272 e. The Bertz CT molecular complexity index is 792. The second-order valence-electron chi connectivity index (χ2n) is 5.83. The molecule has 2 aromatic rings. The zero-order valence-corrected chi connectivity index (χ0v) is 14.9. The molecular formula is C18H21F3N4O. The molecule has 1 amide bonds. The number of benzene rings is 1. The summed E-state index contributed by atoms with van der Waals surface area (Å²) in [6.07, 6.45) is 1.61. The molecule has 0 unspecified atom stereocenters. The van der Waals surface area contributed by atoms with E-state index >= 15 is 0 Å². The van der Waals surface area contributed by atoms with Crippen molar-refractivity contribution in [2.24, 2.45) is 0 Å². The third-order valence-corrected chi connectivity index (χ3v) is 3.63. The fourth-order valence-corrected chi connectivity index (χ4v) is 2.52. The highest BCUT2D eigenvalue weighted by Crippen LogP contribution is 2.23. The number of nitrogens with one attached hydrogen (secondary N) is 1. The van der Waals surface area contributed by atoms with Crippen molar-refractivity contribution in [1.29, 1.82) is 0 Å². The highest BCUT2D eigenvalue weighted by Gasteiger charge is 2.19. The first-order chi connectivity index (χ1) is 12.4. The molecule has 0 atom stereocenters. The second kappa shape index (κ2) is 8.64. The molecule has 0 radical (unpaired) electrons. The van der Waals surface area contributed by atoms with Crippen LogP contribution in [0.15, 0.2) is 18.2 Å². The number of rotatable bonds is 7. The van der Waals surface area contributed by atoms with Crippen LogP contribution in [-0.4, -0.2) is 33.9 Å². The minimum atomic E-state index is -1.57. The maximum absolute atomic E-state index is 13.8. The minimum absolute atomic E-state index is 0.124. The van der Waals surface area contributed by atoms with E-state index in [-0.39, 0.29) is 23.1 Å². The molecule has 0 aliphatic heterocycles. The number of amides is 1. The predicted octanol–water partition coefficient (Wildman–Crippen LogP) is 4.21. The summed E-state index contributed by atoms with van der Waals surface area (Å²) in [4.78, 5) is 22.6. The number of nitrogens with zero attached hydrogens (tertiary/aromatic N) is 3. The third-order valence-electron chi connectivity index (χ3n) is 3.63. The summed E-state index contributed by atoms with van der Waals surface area (Å²) in [6, 6.07) is 3.24.